The van der Waals surface area contributed by atoms with Crippen molar-refractivity contribution in [3.63, 3.8) is 0 Å². The molecule has 0 fully saturated rings. The summed E-state index contributed by atoms with van der Waals surface area (Å²) in [6.07, 6.45) is -2.34. The molecule has 1 aromatic heterocycles. The molecule has 0 bridgehead atoms. The predicted molar refractivity (Wildman–Crippen MR) is 83.4 cm³/mol. The van der Waals surface area contributed by atoms with Crippen LogP contribution in [0.3, 0.4) is 0 Å². The molecule has 0 radical (unpaired) electrons. The van der Waals surface area contributed by atoms with Gasteiger partial charge >= 0.3 is 6.18 Å². The van der Waals surface area contributed by atoms with E-state index in [-0.39, 0.29) is 0 Å². The van der Waals surface area contributed by atoms with E-state index in [4.69, 9.17) is 4.74 Å². The second-order valence-electron chi connectivity index (χ2n) is 5.55. The van der Waals surface area contributed by atoms with Gasteiger partial charge in [0.15, 0.2) is 0 Å². The molecule has 120 valence electrons. The summed E-state index contributed by atoms with van der Waals surface area (Å²) in [5, 5.41) is 1.13. The molecule has 0 aliphatic heterocycles. The van der Waals surface area contributed by atoms with Gasteiger partial charge in [-0.2, -0.15) is 13.2 Å². The summed E-state index contributed by atoms with van der Waals surface area (Å²) in [7, 11) is 1.96. The molecule has 0 aliphatic carbocycles. The first kappa shape index (κ1) is 15.5. The van der Waals surface area contributed by atoms with E-state index in [0.29, 0.717) is 12.4 Å². The summed E-state index contributed by atoms with van der Waals surface area (Å²) >= 11 is 0. The van der Waals surface area contributed by atoms with Crippen LogP contribution in [0.15, 0.2) is 48.7 Å². The normalized spacial score (nSPS) is 11.9. The molecule has 0 aliphatic rings. The topological polar surface area (TPSA) is 14.2 Å². The number of hydrogen-bond donors (Lipinski definition) is 0. The van der Waals surface area contributed by atoms with E-state index in [1.54, 1.807) is 0 Å². The zero-order valence-corrected chi connectivity index (χ0v) is 12.8. The van der Waals surface area contributed by atoms with Gasteiger partial charge in [0, 0.05) is 29.7 Å². The molecule has 0 unspecified atom stereocenters. The van der Waals surface area contributed by atoms with E-state index in [0.717, 1.165) is 34.2 Å². The fourth-order valence-electron chi connectivity index (χ4n) is 2.74. The van der Waals surface area contributed by atoms with Gasteiger partial charge in [0.2, 0.25) is 0 Å². The average molecular weight is 319 g/mol. The number of nitrogens with zero attached hydrogens (tertiary/aromatic N) is 1. The minimum atomic E-state index is -4.33. The van der Waals surface area contributed by atoms with Crippen LogP contribution in [-0.4, -0.2) is 4.57 Å². The minimum absolute atomic E-state index is 0.313. The van der Waals surface area contributed by atoms with E-state index in [9.17, 15) is 13.2 Å². The molecule has 5 heteroatoms. The second-order valence-corrected chi connectivity index (χ2v) is 5.55. The quantitative estimate of drug-likeness (QED) is 0.656. The molecule has 23 heavy (non-hydrogen) atoms. The zero-order valence-electron chi connectivity index (χ0n) is 12.8. The number of aromatic nitrogens is 1. The van der Waals surface area contributed by atoms with Crippen LogP contribution >= 0.6 is 0 Å². The number of rotatable bonds is 3. The van der Waals surface area contributed by atoms with Crippen molar-refractivity contribution in [3.8, 4) is 5.75 Å². The third kappa shape index (κ3) is 3.04. The second kappa shape index (κ2) is 5.65. The molecular formula is C18H16F3NO. The van der Waals surface area contributed by atoms with Gasteiger partial charge in [0.25, 0.3) is 0 Å². The van der Waals surface area contributed by atoms with Crippen LogP contribution in [-0.2, 0) is 19.8 Å². The molecule has 0 atom stereocenters. The van der Waals surface area contributed by atoms with Crippen LogP contribution in [0.4, 0.5) is 13.2 Å². The molecule has 3 rings (SSSR count). The van der Waals surface area contributed by atoms with Crippen LogP contribution in [0, 0.1) is 6.92 Å². The Hall–Kier alpha value is -2.43. The van der Waals surface area contributed by atoms with E-state index in [2.05, 4.69) is 0 Å². The van der Waals surface area contributed by atoms with E-state index >= 15 is 0 Å². The third-order valence-electron chi connectivity index (χ3n) is 3.88. The monoisotopic (exact) mass is 319 g/mol. The Kier molecular flexibility index (Phi) is 3.80. The maximum absolute atomic E-state index is 12.5. The Morgan fingerprint density at radius 1 is 1.04 bits per heavy atom. The lowest BCUT2D eigenvalue weighted by Crippen LogP contribution is -2.04. The fourth-order valence-corrected chi connectivity index (χ4v) is 2.74. The van der Waals surface area contributed by atoms with Gasteiger partial charge in [0.05, 0.1) is 5.56 Å². The molecule has 0 spiro atoms. The summed E-state index contributed by atoms with van der Waals surface area (Å²) in [6, 6.07) is 10.8. The van der Waals surface area contributed by atoms with Crippen molar-refractivity contribution in [2.24, 2.45) is 7.05 Å². The third-order valence-corrected chi connectivity index (χ3v) is 3.88. The lowest BCUT2D eigenvalue weighted by molar-refractivity contribution is -0.137. The number of hydrogen-bond acceptors (Lipinski definition) is 1. The Morgan fingerprint density at radius 3 is 2.39 bits per heavy atom. The minimum Gasteiger partial charge on any atom is -0.489 e. The van der Waals surface area contributed by atoms with Crippen LogP contribution in [0.25, 0.3) is 10.9 Å². The number of alkyl halides is 3. The number of ether oxygens (including phenoxy) is 1. The summed E-state index contributed by atoms with van der Waals surface area (Å²) in [5.41, 5.74) is 2.59. The summed E-state index contributed by atoms with van der Waals surface area (Å²) in [5.74, 6) is 0.420. The Morgan fingerprint density at radius 2 is 1.74 bits per heavy atom. The summed E-state index contributed by atoms with van der Waals surface area (Å²) in [4.78, 5) is 0. The molecule has 0 N–H and O–H groups in total. The van der Waals surface area contributed by atoms with Gasteiger partial charge < -0.3 is 9.30 Å². The first-order valence-corrected chi connectivity index (χ1v) is 7.20. The number of fused-ring (bicyclic) bond motifs is 1. The van der Waals surface area contributed by atoms with Crippen LogP contribution in [0.1, 0.15) is 16.7 Å². The lowest BCUT2D eigenvalue weighted by atomic mass is 10.1. The highest BCUT2D eigenvalue weighted by Gasteiger charge is 2.30. The van der Waals surface area contributed by atoms with E-state index < -0.39 is 11.7 Å². The molecular weight excluding hydrogens is 303 g/mol. The summed E-state index contributed by atoms with van der Waals surface area (Å²) in [6.45, 7) is 2.34. The SMILES string of the molecule is Cc1cccc2c1c(COc1ccc(C(F)(F)F)cc1)cn2C. The van der Waals surface area contributed by atoms with Crippen molar-refractivity contribution in [1.82, 2.24) is 4.57 Å². The van der Waals surface area contributed by atoms with E-state index in [1.807, 2.05) is 42.9 Å². The van der Waals surface area contributed by atoms with Crippen molar-refractivity contribution in [3.05, 3.63) is 65.4 Å². The molecule has 2 aromatic carbocycles. The Labute approximate surface area is 132 Å². The number of benzene rings is 2. The van der Waals surface area contributed by atoms with Gasteiger partial charge in [-0.15, -0.1) is 0 Å². The molecule has 0 amide bonds. The van der Waals surface area contributed by atoms with Crippen molar-refractivity contribution >= 4 is 10.9 Å². The van der Waals surface area contributed by atoms with Gasteiger partial charge in [-0.1, -0.05) is 12.1 Å². The van der Waals surface area contributed by atoms with Gasteiger partial charge in [-0.3, -0.25) is 0 Å². The van der Waals surface area contributed by atoms with Crippen LogP contribution in [0.5, 0.6) is 5.75 Å². The zero-order chi connectivity index (χ0) is 16.6. The highest BCUT2D eigenvalue weighted by molar-refractivity contribution is 5.87. The van der Waals surface area contributed by atoms with Crippen molar-refractivity contribution in [1.29, 1.82) is 0 Å². The molecule has 2 nitrogen and oxygen atoms in total. The molecule has 1 heterocycles. The number of aryl methyl sites for hydroxylation is 2. The largest absolute Gasteiger partial charge is 0.489 e. The van der Waals surface area contributed by atoms with Crippen LogP contribution in [0.2, 0.25) is 0 Å². The maximum Gasteiger partial charge on any atom is 0.416 e. The van der Waals surface area contributed by atoms with Gasteiger partial charge in [-0.05, 0) is 42.8 Å². The van der Waals surface area contributed by atoms with E-state index in [1.165, 1.54) is 12.1 Å². The standard InChI is InChI=1S/C18H16F3NO/c1-12-4-3-5-16-17(12)13(10-22(16)2)11-23-15-8-6-14(7-9-15)18(19,20)21/h3-10H,11H2,1-2H3. The smallest absolute Gasteiger partial charge is 0.416 e. The Balaban J connectivity index is 1.81. The van der Waals surface area contributed by atoms with Crippen molar-refractivity contribution < 1.29 is 17.9 Å². The fraction of sp³-hybridized carbons (Fsp3) is 0.222. The average Bonchev–Trinajstić information content (AvgIpc) is 2.83. The molecule has 0 saturated heterocycles. The van der Waals surface area contributed by atoms with Crippen LogP contribution < -0.4 is 4.74 Å². The maximum atomic E-state index is 12.5. The predicted octanol–water partition coefficient (Wildman–Crippen LogP) is 5.08. The molecule has 3 aromatic rings. The highest BCUT2D eigenvalue weighted by atomic mass is 19.4. The van der Waals surface area contributed by atoms with Crippen molar-refractivity contribution in [2.75, 3.05) is 0 Å². The lowest BCUT2D eigenvalue weighted by Gasteiger charge is -2.09. The van der Waals surface area contributed by atoms with Crippen molar-refractivity contribution in [2.45, 2.75) is 19.7 Å². The number of halogens is 3. The molecule has 0 saturated carbocycles. The Bertz CT molecular complexity index is 832. The highest BCUT2D eigenvalue weighted by Crippen LogP contribution is 2.31. The first-order valence-electron chi connectivity index (χ1n) is 7.20. The van der Waals surface area contributed by atoms with Gasteiger partial charge in [-0.25, -0.2) is 0 Å². The van der Waals surface area contributed by atoms with Gasteiger partial charge in [0.1, 0.15) is 12.4 Å². The first-order chi connectivity index (χ1) is 10.9. The summed E-state index contributed by atoms with van der Waals surface area (Å²) < 4.78 is 45.3.